The minimum atomic E-state index is -0.809. The lowest BCUT2D eigenvalue weighted by molar-refractivity contribution is -0.384. The fourth-order valence-corrected chi connectivity index (χ4v) is 2.74. The molecule has 0 bridgehead atoms. The molecule has 0 fully saturated rings. The molecule has 1 aliphatic rings. The van der Waals surface area contributed by atoms with E-state index in [0.29, 0.717) is 11.3 Å². The molecule has 2 amide bonds. The van der Waals surface area contributed by atoms with E-state index in [4.69, 9.17) is 5.73 Å². The maximum Gasteiger partial charge on any atom is 0.323 e. The number of hydrogen-bond donors (Lipinski definition) is 1. The number of urea groups is 1. The van der Waals surface area contributed by atoms with E-state index in [1.807, 2.05) is 0 Å². The molecule has 2 aromatic rings. The maximum absolute atomic E-state index is 12.1. The number of primary amides is 1. The number of anilines is 2. The van der Waals surface area contributed by atoms with Gasteiger partial charge in [-0.2, -0.15) is 0 Å². The molecule has 1 aliphatic heterocycles. The van der Waals surface area contributed by atoms with Crippen LogP contribution in [0, 0.1) is 10.1 Å². The molecule has 0 saturated carbocycles. The van der Waals surface area contributed by atoms with Crippen LogP contribution in [0.3, 0.4) is 0 Å². The molecule has 126 valence electrons. The summed E-state index contributed by atoms with van der Waals surface area (Å²) in [7, 11) is 0. The van der Waals surface area contributed by atoms with Crippen molar-refractivity contribution in [3.63, 3.8) is 0 Å². The number of non-ortho nitro benzene ring substituents is 1. The topological polar surface area (TPSA) is 139 Å². The fourth-order valence-electron chi connectivity index (χ4n) is 2.36. The van der Waals surface area contributed by atoms with Gasteiger partial charge in [0.25, 0.3) is 5.69 Å². The van der Waals surface area contributed by atoms with Crippen LogP contribution in [0.15, 0.2) is 67.6 Å². The van der Waals surface area contributed by atoms with Crippen LogP contribution >= 0.6 is 15.9 Å². The molecular formula is C14H10BrN7O3. The highest BCUT2D eigenvalue weighted by molar-refractivity contribution is 9.10. The Labute approximate surface area is 149 Å². The van der Waals surface area contributed by atoms with Crippen molar-refractivity contribution in [1.29, 1.82) is 0 Å². The number of nitro groups is 1. The third-order valence-electron chi connectivity index (χ3n) is 3.39. The van der Waals surface area contributed by atoms with Gasteiger partial charge in [0, 0.05) is 22.2 Å². The Morgan fingerprint density at radius 3 is 2.56 bits per heavy atom. The Kier molecular flexibility index (Phi) is 4.48. The van der Waals surface area contributed by atoms with Crippen LogP contribution in [0.2, 0.25) is 0 Å². The first-order chi connectivity index (χ1) is 12.0. The fraction of sp³-hybridized carbons (Fsp3) is 0.0714. The number of halogens is 1. The predicted molar refractivity (Wildman–Crippen MR) is 91.4 cm³/mol. The zero-order valence-electron chi connectivity index (χ0n) is 12.5. The van der Waals surface area contributed by atoms with Crippen LogP contribution < -0.4 is 10.6 Å². The Hall–Kier alpha value is -3.21. The SMILES string of the molecule is NC(=O)N(c1cccc([N+](=O)[O-])c1)c1ccc(Br)cc1C1N=NN=N1. The van der Waals surface area contributed by atoms with E-state index >= 15 is 0 Å². The molecule has 0 radical (unpaired) electrons. The lowest BCUT2D eigenvalue weighted by atomic mass is 10.1. The first-order valence-corrected chi connectivity index (χ1v) is 7.70. The number of nitrogens with two attached hydrogens (primary N) is 1. The molecule has 0 atom stereocenters. The average Bonchev–Trinajstić information content (AvgIpc) is 3.11. The summed E-state index contributed by atoms with van der Waals surface area (Å²) in [5.74, 6) is 0. The lowest BCUT2D eigenvalue weighted by Crippen LogP contribution is -2.32. The molecule has 1 heterocycles. The van der Waals surface area contributed by atoms with Gasteiger partial charge >= 0.3 is 6.03 Å². The first-order valence-electron chi connectivity index (χ1n) is 6.91. The number of nitro benzene ring substituents is 1. The number of benzene rings is 2. The summed E-state index contributed by atoms with van der Waals surface area (Å²) >= 11 is 3.35. The van der Waals surface area contributed by atoms with Crippen molar-refractivity contribution in [3.8, 4) is 0 Å². The van der Waals surface area contributed by atoms with Crippen LogP contribution in [0.1, 0.15) is 11.7 Å². The summed E-state index contributed by atoms with van der Waals surface area (Å²) in [6, 6.07) is 9.83. The van der Waals surface area contributed by atoms with Gasteiger partial charge in [0.15, 0.2) is 0 Å². The van der Waals surface area contributed by atoms with Crippen molar-refractivity contribution in [1.82, 2.24) is 0 Å². The number of amides is 2. The molecular weight excluding hydrogens is 394 g/mol. The highest BCUT2D eigenvalue weighted by atomic mass is 79.9. The second kappa shape index (κ2) is 6.73. The summed E-state index contributed by atoms with van der Waals surface area (Å²) in [4.78, 5) is 23.7. The van der Waals surface area contributed by atoms with E-state index in [2.05, 4.69) is 36.6 Å². The second-order valence-electron chi connectivity index (χ2n) is 4.94. The zero-order valence-corrected chi connectivity index (χ0v) is 14.1. The third-order valence-corrected chi connectivity index (χ3v) is 3.88. The molecule has 0 aliphatic carbocycles. The highest BCUT2D eigenvalue weighted by Crippen LogP contribution is 2.38. The van der Waals surface area contributed by atoms with Gasteiger partial charge < -0.3 is 5.73 Å². The van der Waals surface area contributed by atoms with Crippen LogP contribution in [0.25, 0.3) is 0 Å². The number of rotatable bonds is 4. The van der Waals surface area contributed by atoms with Gasteiger partial charge in [-0.15, -0.1) is 10.2 Å². The van der Waals surface area contributed by atoms with Crippen molar-refractivity contribution >= 4 is 39.0 Å². The molecule has 0 unspecified atom stereocenters. The van der Waals surface area contributed by atoms with Gasteiger partial charge in [0.2, 0.25) is 6.17 Å². The van der Waals surface area contributed by atoms with E-state index < -0.39 is 17.1 Å². The van der Waals surface area contributed by atoms with Crippen LogP contribution in [-0.4, -0.2) is 11.0 Å². The summed E-state index contributed by atoms with van der Waals surface area (Å²) in [5, 5.41) is 25.7. The summed E-state index contributed by atoms with van der Waals surface area (Å²) in [6.07, 6.45) is -0.729. The van der Waals surface area contributed by atoms with Crippen molar-refractivity contribution in [2.45, 2.75) is 6.17 Å². The Morgan fingerprint density at radius 2 is 1.92 bits per heavy atom. The van der Waals surface area contributed by atoms with Gasteiger partial charge in [-0.3, -0.25) is 15.0 Å². The van der Waals surface area contributed by atoms with E-state index in [0.717, 1.165) is 9.37 Å². The lowest BCUT2D eigenvalue weighted by Gasteiger charge is -2.24. The molecule has 11 heteroatoms. The van der Waals surface area contributed by atoms with Crippen LogP contribution in [0.4, 0.5) is 21.9 Å². The Balaban J connectivity index is 2.15. The van der Waals surface area contributed by atoms with Crippen molar-refractivity contribution in [2.75, 3.05) is 4.90 Å². The molecule has 2 aromatic carbocycles. The predicted octanol–water partition coefficient (Wildman–Crippen LogP) is 4.41. The molecule has 3 rings (SSSR count). The second-order valence-corrected chi connectivity index (χ2v) is 5.85. The zero-order chi connectivity index (χ0) is 18.0. The Morgan fingerprint density at radius 1 is 1.20 bits per heavy atom. The third kappa shape index (κ3) is 3.35. The maximum atomic E-state index is 12.1. The molecule has 10 nitrogen and oxygen atoms in total. The highest BCUT2D eigenvalue weighted by Gasteiger charge is 2.25. The smallest absolute Gasteiger partial charge is 0.323 e. The summed E-state index contributed by atoms with van der Waals surface area (Å²) in [6.45, 7) is 0. The minimum absolute atomic E-state index is 0.164. The minimum Gasteiger partial charge on any atom is -0.351 e. The van der Waals surface area contributed by atoms with E-state index in [-0.39, 0.29) is 11.4 Å². The monoisotopic (exact) mass is 403 g/mol. The first kappa shape index (κ1) is 16.6. The average molecular weight is 404 g/mol. The van der Waals surface area contributed by atoms with Gasteiger partial charge in [-0.1, -0.05) is 22.0 Å². The normalized spacial score (nSPS) is 13.2. The van der Waals surface area contributed by atoms with E-state index in [9.17, 15) is 14.9 Å². The van der Waals surface area contributed by atoms with Gasteiger partial charge in [0.05, 0.1) is 16.3 Å². The number of carbonyl (C=O) groups is 1. The molecule has 25 heavy (non-hydrogen) atoms. The standard InChI is InChI=1S/C14H10BrN7O3/c15-8-4-5-12(11(6-8)13-17-19-20-18-13)21(14(16)23)9-2-1-3-10(7-9)22(24)25/h1-7,13H,(H2,16,23). The summed E-state index contributed by atoms with van der Waals surface area (Å²) in [5.41, 5.74) is 6.51. The largest absolute Gasteiger partial charge is 0.351 e. The van der Waals surface area contributed by atoms with Crippen molar-refractivity contribution < 1.29 is 9.72 Å². The van der Waals surface area contributed by atoms with Crippen LogP contribution in [-0.2, 0) is 0 Å². The van der Waals surface area contributed by atoms with E-state index in [1.54, 1.807) is 24.3 Å². The molecule has 2 N–H and O–H groups in total. The Bertz CT molecular complexity index is 903. The number of nitrogens with zero attached hydrogens (tertiary/aromatic N) is 6. The molecule has 0 aromatic heterocycles. The quantitative estimate of drug-likeness (QED) is 0.596. The van der Waals surface area contributed by atoms with E-state index in [1.165, 1.54) is 18.2 Å². The van der Waals surface area contributed by atoms with Crippen LogP contribution in [0.5, 0.6) is 0 Å². The van der Waals surface area contributed by atoms with Crippen molar-refractivity contribution in [2.24, 2.45) is 26.4 Å². The number of hydrogen-bond acceptors (Lipinski definition) is 7. The summed E-state index contributed by atoms with van der Waals surface area (Å²) < 4.78 is 0.729. The van der Waals surface area contributed by atoms with Gasteiger partial charge in [-0.25, -0.2) is 4.79 Å². The molecule has 0 saturated heterocycles. The van der Waals surface area contributed by atoms with Gasteiger partial charge in [0.1, 0.15) is 0 Å². The molecule has 0 spiro atoms. The van der Waals surface area contributed by atoms with Gasteiger partial charge in [-0.05, 0) is 34.7 Å². The van der Waals surface area contributed by atoms with Crippen molar-refractivity contribution in [3.05, 3.63) is 62.6 Å². The number of carbonyl (C=O) groups excluding carboxylic acids is 1.